The van der Waals surface area contributed by atoms with Crippen LogP contribution in [0.15, 0.2) is 36.4 Å². The van der Waals surface area contributed by atoms with E-state index in [0.29, 0.717) is 30.9 Å². The molecule has 0 aliphatic carbocycles. The first-order valence-electron chi connectivity index (χ1n) is 11.5. The Hall–Kier alpha value is -2.60. The van der Waals surface area contributed by atoms with E-state index in [4.69, 9.17) is 9.47 Å². The van der Waals surface area contributed by atoms with Gasteiger partial charge < -0.3 is 14.4 Å². The van der Waals surface area contributed by atoms with Gasteiger partial charge in [-0.25, -0.2) is 4.39 Å². The molecule has 0 radical (unpaired) electrons. The maximum absolute atomic E-state index is 14.0. The van der Waals surface area contributed by atoms with Crippen LogP contribution in [0.2, 0.25) is 0 Å². The number of amides is 1. The third-order valence-electron chi connectivity index (χ3n) is 7.06. The minimum Gasteiger partial charge on any atom is -0.496 e. The summed E-state index contributed by atoms with van der Waals surface area (Å²) < 4.78 is 25.2. The van der Waals surface area contributed by atoms with Crippen LogP contribution in [-0.2, 0) is 17.8 Å². The Bertz CT molecular complexity index is 964. The summed E-state index contributed by atoms with van der Waals surface area (Å²) in [5.41, 5.74) is 2.86. The molecule has 0 spiro atoms. The van der Waals surface area contributed by atoms with Crippen LogP contribution in [0.4, 0.5) is 4.39 Å². The Morgan fingerprint density at radius 1 is 1.06 bits per heavy atom. The fourth-order valence-corrected chi connectivity index (χ4v) is 5.40. The van der Waals surface area contributed by atoms with Gasteiger partial charge in [-0.15, -0.1) is 0 Å². The molecule has 6 heteroatoms. The number of methoxy groups -OCH3 is 2. The van der Waals surface area contributed by atoms with E-state index in [1.165, 1.54) is 6.07 Å². The number of carbonyl (C=O) groups is 1. The molecular weight excluding hydrogens is 407 g/mol. The van der Waals surface area contributed by atoms with E-state index >= 15 is 0 Å². The van der Waals surface area contributed by atoms with Crippen LogP contribution in [0.1, 0.15) is 36.0 Å². The molecule has 2 fully saturated rings. The highest BCUT2D eigenvalue weighted by molar-refractivity contribution is 5.77. The summed E-state index contributed by atoms with van der Waals surface area (Å²) in [6.07, 6.45) is 3.02. The van der Waals surface area contributed by atoms with Gasteiger partial charge in [0.15, 0.2) is 0 Å². The smallest absolute Gasteiger partial charge is 0.222 e. The Balaban J connectivity index is 1.42. The topological polar surface area (TPSA) is 42.0 Å². The fraction of sp³-hybridized carbons (Fsp3) is 0.500. The quantitative estimate of drug-likeness (QED) is 0.647. The van der Waals surface area contributed by atoms with Crippen molar-refractivity contribution in [1.82, 2.24) is 9.80 Å². The highest BCUT2D eigenvalue weighted by Crippen LogP contribution is 2.35. The molecule has 2 aliphatic rings. The van der Waals surface area contributed by atoms with Crippen molar-refractivity contribution in [3.05, 3.63) is 58.9 Å². The average molecular weight is 441 g/mol. The van der Waals surface area contributed by atoms with Crippen LogP contribution in [0.25, 0.3) is 0 Å². The summed E-state index contributed by atoms with van der Waals surface area (Å²) in [6.45, 7) is 5.32. The van der Waals surface area contributed by atoms with Gasteiger partial charge in [-0.1, -0.05) is 24.3 Å². The molecule has 2 atom stereocenters. The number of hydrogen-bond donors (Lipinski definition) is 0. The molecular formula is C26H33FN2O3. The lowest BCUT2D eigenvalue weighted by molar-refractivity contribution is -0.141. The molecule has 2 saturated heterocycles. The lowest BCUT2D eigenvalue weighted by Crippen LogP contribution is -2.56. The van der Waals surface area contributed by atoms with Crippen LogP contribution < -0.4 is 9.47 Å². The van der Waals surface area contributed by atoms with Crippen molar-refractivity contribution >= 4 is 5.91 Å². The first-order valence-corrected chi connectivity index (χ1v) is 11.5. The number of ether oxygens (including phenoxy) is 2. The van der Waals surface area contributed by atoms with Gasteiger partial charge >= 0.3 is 0 Å². The predicted molar refractivity (Wildman–Crippen MR) is 123 cm³/mol. The largest absolute Gasteiger partial charge is 0.496 e. The molecule has 0 saturated carbocycles. The standard InChI is InChI=1S/C26H33FN2O3/c1-18-24(31-2)10-8-21(26(18)32-3)17-28-14-13-23-20(16-28)9-11-25(30)29(23)15-12-19-6-4-5-7-22(19)27/h4-8,10,20,23H,9,11-17H2,1-3H3/t20-,23+/m1/s1. The number of benzene rings is 2. The molecule has 2 aliphatic heterocycles. The molecule has 32 heavy (non-hydrogen) atoms. The normalized spacial score (nSPS) is 21.4. The Labute approximate surface area is 190 Å². The fourth-order valence-electron chi connectivity index (χ4n) is 5.40. The zero-order chi connectivity index (χ0) is 22.7. The molecule has 5 nitrogen and oxygen atoms in total. The van der Waals surface area contributed by atoms with Crippen LogP contribution >= 0.6 is 0 Å². The minimum absolute atomic E-state index is 0.188. The Morgan fingerprint density at radius 3 is 2.62 bits per heavy atom. The number of piperidine rings is 2. The summed E-state index contributed by atoms with van der Waals surface area (Å²) in [5, 5.41) is 0. The molecule has 0 N–H and O–H groups in total. The van der Waals surface area contributed by atoms with Gasteiger partial charge in [-0.2, -0.15) is 0 Å². The molecule has 0 unspecified atom stereocenters. The molecule has 2 aromatic rings. The molecule has 0 bridgehead atoms. The predicted octanol–water partition coefficient (Wildman–Crippen LogP) is 4.21. The zero-order valence-corrected chi connectivity index (χ0v) is 19.3. The van der Waals surface area contributed by atoms with Gasteiger partial charge in [0.1, 0.15) is 17.3 Å². The number of rotatable bonds is 7. The summed E-state index contributed by atoms with van der Waals surface area (Å²) in [5.74, 6) is 2.19. The van der Waals surface area contributed by atoms with Crippen LogP contribution in [0.5, 0.6) is 11.5 Å². The first kappa shape index (κ1) is 22.6. The molecule has 2 aromatic carbocycles. The minimum atomic E-state index is -0.188. The van der Waals surface area contributed by atoms with Crippen molar-refractivity contribution in [2.24, 2.45) is 5.92 Å². The van der Waals surface area contributed by atoms with E-state index in [2.05, 4.69) is 11.0 Å². The van der Waals surface area contributed by atoms with Gasteiger partial charge in [-0.05, 0) is 49.8 Å². The number of carbonyl (C=O) groups excluding carboxylic acids is 1. The van der Waals surface area contributed by atoms with Crippen molar-refractivity contribution in [2.45, 2.75) is 45.2 Å². The summed E-state index contributed by atoms with van der Waals surface area (Å²) in [4.78, 5) is 17.2. The van der Waals surface area contributed by atoms with Crippen LogP contribution in [0.3, 0.4) is 0 Å². The van der Waals surface area contributed by atoms with Gasteiger partial charge in [0.25, 0.3) is 0 Å². The second kappa shape index (κ2) is 9.90. The number of likely N-dealkylation sites (tertiary alicyclic amines) is 2. The van der Waals surface area contributed by atoms with Crippen LogP contribution in [0, 0.1) is 18.7 Å². The third-order valence-corrected chi connectivity index (χ3v) is 7.06. The maximum atomic E-state index is 14.0. The van der Waals surface area contributed by atoms with E-state index in [1.54, 1.807) is 20.3 Å². The van der Waals surface area contributed by atoms with E-state index in [0.717, 1.165) is 55.1 Å². The van der Waals surface area contributed by atoms with Gasteiger partial charge in [0.2, 0.25) is 5.91 Å². The van der Waals surface area contributed by atoms with Crippen molar-refractivity contribution in [2.75, 3.05) is 33.9 Å². The first-order chi connectivity index (χ1) is 15.5. The maximum Gasteiger partial charge on any atom is 0.222 e. The second-order valence-corrected chi connectivity index (χ2v) is 8.90. The number of halogens is 1. The second-order valence-electron chi connectivity index (χ2n) is 8.90. The van der Waals surface area contributed by atoms with Crippen molar-refractivity contribution in [3.63, 3.8) is 0 Å². The summed E-state index contributed by atoms with van der Waals surface area (Å²) >= 11 is 0. The van der Waals surface area contributed by atoms with Crippen LogP contribution in [-0.4, -0.2) is 55.6 Å². The average Bonchev–Trinajstić information content (AvgIpc) is 2.80. The van der Waals surface area contributed by atoms with E-state index in [1.807, 2.05) is 30.0 Å². The highest BCUT2D eigenvalue weighted by atomic mass is 19.1. The van der Waals surface area contributed by atoms with Gasteiger partial charge in [0.05, 0.1) is 14.2 Å². The van der Waals surface area contributed by atoms with Crippen molar-refractivity contribution in [3.8, 4) is 11.5 Å². The van der Waals surface area contributed by atoms with Crippen molar-refractivity contribution in [1.29, 1.82) is 0 Å². The Kier molecular flexibility index (Phi) is 6.99. The van der Waals surface area contributed by atoms with Gasteiger partial charge in [0, 0.05) is 49.8 Å². The van der Waals surface area contributed by atoms with E-state index in [9.17, 15) is 9.18 Å². The SMILES string of the molecule is COc1ccc(CN2CC[C@H]3[C@H](CCC(=O)N3CCc3ccccc3F)C2)c(OC)c1C. The van der Waals surface area contributed by atoms with E-state index in [-0.39, 0.29) is 17.8 Å². The lowest BCUT2D eigenvalue weighted by atomic mass is 9.83. The molecule has 2 heterocycles. The monoisotopic (exact) mass is 440 g/mol. The molecule has 4 rings (SSSR count). The van der Waals surface area contributed by atoms with E-state index < -0.39 is 0 Å². The lowest BCUT2D eigenvalue weighted by Gasteiger charge is -2.47. The molecule has 1 amide bonds. The van der Waals surface area contributed by atoms with Gasteiger partial charge in [-0.3, -0.25) is 9.69 Å². The number of hydrogen-bond acceptors (Lipinski definition) is 4. The third kappa shape index (κ3) is 4.60. The number of nitrogens with zero attached hydrogens (tertiary/aromatic N) is 2. The summed E-state index contributed by atoms with van der Waals surface area (Å²) in [6, 6.07) is 11.2. The Morgan fingerprint density at radius 2 is 1.88 bits per heavy atom. The summed E-state index contributed by atoms with van der Waals surface area (Å²) in [7, 11) is 3.38. The highest BCUT2D eigenvalue weighted by Gasteiger charge is 2.39. The van der Waals surface area contributed by atoms with Crippen molar-refractivity contribution < 1.29 is 18.7 Å². The molecule has 0 aromatic heterocycles. The zero-order valence-electron chi connectivity index (χ0n) is 19.3. The number of fused-ring (bicyclic) bond motifs is 1. The molecule has 172 valence electrons.